The number of benzene rings is 1. The van der Waals surface area contributed by atoms with E-state index < -0.39 is 0 Å². The van der Waals surface area contributed by atoms with E-state index in [0.29, 0.717) is 5.69 Å². The maximum atomic E-state index is 8.62. The second kappa shape index (κ2) is 6.80. The van der Waals surface area contributed by atoms with Crippen LogP contribution in [0, 0.1) is 0 Å². The molecule has 2 rings (SSSR count). The molecule has 0 unspecified atom stereocenters. The molecule has 1 aromatic carbocycles. The van der Waals surface area contributed by atoms with Gasteiger partial charge in [-0.15, -0.1) is 0 Å². The van der Waals surface area contributed by atoms with E-state index in [-0.39, 0.29) is 5.84 Å². The SMILES string of the molecule is NC(=NO)c1cc(CSCc2ccccc2)ccn1. The molecule has 0 aliphatic carbocycles. The lowest BCUT2D eigenvalue weighted by molar-refractivity contribution is 0.318. The zero-order valence-electron chi connectivity index (χ0n) is 10.4. The number of pyridine rings is 1. The Morgan fingerprint density at radius 1 is 1.16 bits per heavy atom. The van der Waals surface area contributed by atoms with E-state index in [2.05, 4.69) is 22.3 Å². The maximum Gasteiger partial charge on any atom is 0.188 e. The topological polar surface area (TPSA) is 71.5 Å². The second-order valence-corrected chi connectivity index (χ2v) is 5.00. The molecular weight excluding hydrogens is 258 g/mol. The van der Waals surface area contributed by atoms with Gasteiger partial charge in [-0.3, -0.25) is 4.98 Å². The highest BCUT2D eigenvalue weighted by Gasteiger charge is 2.02. The zero-order chi connectivity index (χ0) is 13.5. The van der Waals surface area contributed by atoms with Gasteiger partial charge in [0.2, 0.25) is 0 Å². The molecule has 2 aromatic rings. The van der Waals surface area contributed by atoms with E-state index in [0.717, 1.165) is 17.1 Å². The number of hydrogen-bond acceptors (Lipinski definition) is 4. The van der Waals surface area contributed by atoms with E-state index in [1.165, 1.54) is 5.56 Å². The molecule has 0 aliphatic heterocycles. The molecule has 0 fully saturated rings. The van der Waals surface area contributed by atoms with Gasteiger partial charge in [-0.2, -0.15) is 11.8 Å². The maximum absolute atomic E-state index is 8.62. The average molecular weight is 273 g/mol. The van der Waals surface area contributed by atoms with Gasteiger partial charge in [0.15, 0.2) is 5.84 Å². The summed E-state index contributed by atoms with van der Waals surface area (Å²) in [6.45, 7) is 0. The van der Waals surface area contributed by atoms with Crippen molar-refractivity contribution in [2.24, 2.45) is 10.9 Å². The molecule has 0 radical (unpaired) electrons. The van der Waals surface area contributed by atoms with Crippen molar-refractivity contribution in [3.63, 3.8) is 0 Å². The quantitative estimate of drug-likeness (QED) is 0.380. The lowest BCUT2D eigenvalue weighted by Crippen LogP contribution is -2.15. The van der Waals surface area contributed by atoms with Crippen LogP contribution in [0.3, 0.4) is 0 Å². The second-order valence-electron chi connectivity index (χ2n) is 4.01. The monoisotopic (exact) mass is 273 g/mol. The van der Waals surface area contributed by atoms with E-state index in [9.17, 15) is 0 Å². The molecule has 0 amide bonds. The standard InChI is InChI=1S/C14H15N3OS/c15-14(17-18)13-8-12(6-7-16-13)10-19-9-11-4-2-1-3-5-11/h1-8,18H,9-10H2,(H2,15,17). The van der Waals surface area contributed by atoms with Gasteiger partial charge in [0.05, 0.1) is 0 Å². The minimum atomic E-state index is 0.0370. The van der Waals surface area contributed by atoms with Crippen molar-refractivity contribution in [1.29, 1.82) is 0 Å². The summed E-state index contributed by atoms with van der Waals surface area (Å²) in [7, 11) is 0. The fraction of sp³-hybridized carbons (Fsp3) is 0.143. The number of oxime groups is 1. The molecule has 0 spiro atoms. The van der Waals surface area contributed by atoms with Crippen LogP contribution < -0.4 is 5.73 Å². The smallest absolute Gasteiger partial charge is 0.188 e. The zero-order valence-corrected chi connectivity index (χ0v) is 11.2. The number of nitrogens with zero attached hydrogens (tertiary/aromatic N) is 2. The number of thioether (sulfide) groups is 1. The van der Waals surface area contributed by atoms with Gasteiger partial charge in [-0.05, 0) is 23.3 Å². The van der Waals surface area contributed by atoms with E-state index in [1.54, 1.807) is 6.20 Å². The van der Waals surface area contributed by atoms with Crippen LogP contribution in [0.2, 0.25) is 0 Å². The highest BCUT2D eigenvalue weighted by atomic mass is 32.2. The highest BCUT2D eigenvalue weighted by molar-refractivity contribution is 7.97. The Balaban J connectivity index is 1.93. The van der Waals surface area contributed by atoms with E-state index >= 15 is 0 Å². The van der Waals surface area contributed by atoms with Crippen LogP contribution >= 0.6 is 11.8 Å². The van der Waals surface area contributed by atoms with Crippen LogP contribution in [-0.4, -0.2) is 16.0 Å². The van der Waals surface area contributed by atoms with Gasteiger partial charge in [-0.25, -0.2) is 0 Å². The number of hydrogen-bond donors (Lipinski definition) is 2. The third-order valence-corrected chi connectivity index (χ3v) is 3.65. The van der Waals surface area contributed by atoms with Crippen molar-refractivity contribution >= 4 is 17.6 Å². The van der Waals surface area contributed by atoms with Gasteiger partial charge < -0.3 is 10.9 Å². The summed E-state index contributed by atoms with van der Waals surface area (Å²) in [6.07, 6.45) is 1.67. The third-order valence-electron chi connectivity index (χ3n) is 2.57. The Labute approximate surface area is 116 Å². The van der Waals surface area contributed by atoms with Crippen molar-refractivity contribution in [2.45, 2.75) is 11.5 Å². The highest BCUT2D eigenvalue weighted by Crippen LogP contribution is 2.17. The molecule has 3 N–H and O–H groups in total. The molecule has 19 heavy (non-hydrogen) atoms. The Bertz CT molecular complexity index is 558. The Morgan fingerprint density at radius 3 is 2.63 bits per heavy atom. The number of rotatable bonds is 5. The Kier molecular flexibility index (Phi) is 4.80. The molecular formula is C14H15N3OS. The van der Waals surface area contributed by atoms with Crippen LogP contribution in [-0.2, 0) is 11.5 Å². The molecule has 0 saturated carbocycles. The van der Waals surface area contributed by atoms with Crippen LogP contribution in [0.1, 0.15) is 16.8 Å². The predicted octanol–water partition coefficient (Wildman–Crippen LogP) is 2.61. The lowest BCUT2D eigenvalue weighted by Gasteiger charge is -2.04. The van der Waals surface area contributed by atoms with Gasteiger partial charge in [0.25, 0.3) is 0 Å². The summed E-state index contributed by atoms with van der Waals surface area (Å²) in [6, 6.07) is 14.1. The van der Waals surface area contributed by atoms with Crippen LogP contribution in [0.25, 0.3) is 0 Å². The first-order valence-electron chi connectivity index (χ1n) is 5.84. The summed E-state index contributed by atoms with van der Waals surface area (Å²) in [4.78, 5) is 4.05. The summed E-state index contributed by atoms with van der Waals surface area (Å²) in [5.74, 6) is 1.86. The van der Waals surface area contributed by atoms with Crippen LogP contribution in [0.5, 0.6) is 0 Å². The van der Waals surface area contributed by atoms with E-state index in [4.69, 9.17) is 10.9 Å². The number of amidine groups is 1. The van der Waals surface area contributed by atoms with Crippen molar-refractivity contribution in [3.8, 4) is 0 Å². The number of nitrogens with two attached hydrogens (primary N) is 1. The summed E-state index contributed by atoms with van der Waals surface area (Å²) >= 11 is 1.82. The van der Waals surface area contributed by atoms with Crippen molar-refractivity contribution in [1.82, 2.24) is 4.98 Å². The van der Waals surface area contributed by atoms with Crippen molar-refractivity contribution in [3.05, 3.63) is 65.5 Å². The molecule has 1 heterocycles. The fourth-order valence-corrected chi connectivity index (χ4v) is 2.56. The summed E-state index contributed by atoms with van der Waals surface area (Å²) < 4.78 is 0. The molecule has 4 nitrogen and oxygen atoms in total. The molecule has 1 aromatic heterocycles. The molecule has 98 valence electrons. The molecule has 0 atom stereocenters. The fourth-order valence-electron chi connectivity index (χ4n) is 1.62. The number of aromatic nitrogens is 1. The van der Waals surface area contributed by atoms with Crippen molar-refractivity contribution in [2.75, 3.05) is 0 Å². The summed E-state index contributed by atoms with van der Waals surface area (Å²) in [5.41, 5.74) is 8.43. The minimum absolute atomic E-state index is 0.0370. The van der Waals surface area contributed by atoms with Gasteiger partial charge >= 0.3 is 0 Å². The van der Waals surface area contributed by atoms with Crippen LogP contribution in [0.4, 0.5) is 0 Å². The largest absolute Gasteiger partial charge is 0.409 e. The first kappa shape index (κ1) is 13.4. The van der Waals surface area contributed by atoms with E-state index in [1.807, 2.05) is 42.1 Å². The first-order chi connectivity index (χ1) is 9.29. The van der Waals surface area contributed by atoms with Crippen molar-refractivity contribution < 1.29 is 5.21 Å². The van der Waals surface area contributed by atoms with Gasteiger partial charge in [0, 0.05) is 17.7 Å². The normalized spacial score (nSPS) is 11.5. The predicted molar refractivity (Wildman–Crippen MR) is 78.2 cm³/mol. The first-order valence-corrected chi connectivity index (χ1v) is 6.99. The molecule has 0 saturated heterocycles. The minimum Gasteiger partial charge on any atom is -0.409 e. The molecule has 0 bridgehead atoms. The third kappa shape index (κ3) is 3.99. The average Bonchev–Trinajstić information content (AvgIpc) is 2.48. The van der Waals surface area contributed by atoms with Gasteiger partial charge in [-0.1, -0.05) is 35.5 Å². The van der Waals surface area contributed by atoms with Gasteiger partial charge in [0.1, 0.15) is 5.69 Å². The lowest BCUT2D eigenvalue weighted by atomic mass is 10.2. The molecule has 5 heteroatoms. The Morgan fingerprint density at radius 2 is 1.89 bits per heavy atom. The van der Waals surface area contributed by atoms with Crippen LogP contribution in [0.15, 0.2) is 53.8 Å². The summed E-state index contributed by atoms with van der Waals surface area (Å²) in [5, 5.41) is 11.6. The Hall–Kier alpha value is -2.01. The molecule has 0 aliphatic rings.